The smallest absolute Gasteiger partial charge is 0.313 e. The first-order valence-corrected chi connectivity index (χ1v) is 7.98. The number of rotatable bonds is 7. The minimum atomic E-state index is -0.191. The Morgan fingerprint density at radius 1 is 1.21 bits per heavy atom. The Morgan fingerprint density at radius 3 is 2.37 bits per heavy atom. The fourth-order valence-corrected chi connectivity index (χ4v) is 2.13. The summed E-state index contributed by atoms with van der Waals surface area (Å²) in [6, 6.07) is 8.29. The first kappa shape index (κ1) is 16.2. The Bertz CT molecular complexity index is 384. The van der Waals surface area contributed by atoms with Gasteiger partial charge in [0, 0.05) is 5.33 Å². The van der Waals surface area contributed by atoms with Gasteiger partial charge in [0.1, 0.15) is 0 Å². The van der Waals surface area contributed by atoms with Crippen LogP contribution in [0.25, 0.3) is 0 Å². The van der Waals surface area contributed by atoms with Crippen LogP contribution >= 0.6 is 15.9 Å². The first-order valence-electron chi connectivity index (χ1n) is 6.86. The third-order valence-corrected chi connectivity index (χ3v) is 3.56. The number of carbonyl (C=O) groups excluding carboxylic acids is 1. The van der Waals surface area contributed by atoms with E-state index in [0.29, 0.717) is 12.5 Å². The van der Waals surface area contributed by atoms with Crippen molar-refractivity contribution >= 4 is 21.9 Å². The lowest BCUT2D eigenvalue weighted by Crippen LogP contribution is -2.14. The maximum Gasteiger partial charge on any atom is 0.313 e. The molecule has 0 aliphatic rings. The minimum absolute atomic E-state index is 0.141. The highest BCUT2D eigenvalue weighted by atomic mass is 79.9. The molecule has 3 heteroatoms. The Hall–Kier alpha value is -0.830. The standard InChI is InChI=1S/C16H23BrO2/c1-12(2)11-14-5-7-15(8-6-14)13(3)16(18)19-10-4-9-17/h5-8,12-13H,4,9-11H2,1-3H3/t13-/m1/s1. The molecule has 0 bridgehead atoms. The van der Waals surface area contributed by atoms with Gasteiger partial charge in [-0.2, -0.15) is 0 Å². The van der Waals surface area contributed by atoms with Crippen LogP contribution in [0, 0.1) is 5.92 Å². The molecule has 2 nitrogen and oxygen atoms in total. The highest BCUT2D eigenvalue weighted by Gasteiger charge is 2.16. The van der Waals surface area contributed by atoms with Crippen molar-refractivity contribution in [3.8, 4) is 0 Å². The molecule has 19 heavy (non-hydrogen) atoms. The van der Waals surface area contributed by atoms with Gasteiger partial charge in [0.2, 0.25) is 0 Å². The summed E-state index contributed by atoms with van der Waals surface area (Å²) in [4.78, 5) is 11.8. The molecular formula is C16H23BrO2. The summed E-state index contributed by atoms with van der Waals surface area (Å²) in [5, 5.41) is 0.860. The SMILES string of the molecule is CC(C)Cc1ccc([C@@H](C)C(=O)OCCCBr)cc1. The van der Waals surface area contributed by atoms with E-state index in [1.165, 1.54) is 5.56 Å². The van der Waals surface area contributed by atoms with Crippen molar-refractivity contribution in [1.82, 2.24) is 0 Å². The van der Waals surface area contributed by atoms with Gasteiger partial charge < -0.3 is 4.74 Å². The van der Waals surface area contributed by atoms with Gasteiger partial charge >= 0.3 is 5.97 Å². The van der Waals surface area contributed by atoms with Gasteiger partial charge in [-0.1, -0.05) is 54.0 Å². The predicted octanol–water partition coefficient (Wildman–Crippen LogP) is 4.32. The maximum absolute atomic E-state index is 11.8. The molecule has 0 spiro atoms. The third-order valence-electron chi connectivity index (χ3n) is 3.00. The molecule has 0 heterocycles. The molecule has 1 aromatic rings. The summed E-state index contributed by atoms with van der Waals surface area (Å²) < 4.78 is 5.22. The molecule has 0 radical (unpaired) electrons. The maximum atomic E-state index is 11.8. The van der Waals surface area contributed by atoms with Gasteiger partial charge in [-0.3, -0.25) is 4.79 Å². The summed E-state index contributed by atoms with van der Waals surface area (Å²) in [5.74, 6) is 0.318. The Balaban J connectivity index is 2.56. The van der Waals surface area contributed by atoms with Gasteiger partial charge in [0.15, 0.2) is 0 Å². The summed E-state index contributed by atoms with van der Waals surface area (Å²) in [7, 11) is 0. The van der Waals surface area contributed by atoms with E-state index in [0.717, 1.165) is 23.7 Å². The first-order chi connectivity index (χ1) is 9.04. The van der Waals surface area contributed by atoms with Gasteiger partial charge in [-0.25, -0.2) is 0 Å². The second kappa shape index (κ2) is 8.36. The zero-order valence-electron chi connectivity index (χ0n) is 12.0. The van der Waals surface area contributed by atoms with Crippen LogP contribution in [0.2, 0.25) is 0 Å². The lowest BCUT2D eigenvalue weighted by molar-refractivity contribution is -0.145. The summed E-state index contributed by atoms with van der Waals surface area (Å²) in [6.07, 6.45) is 1.93. The second-order valence-corrected chi connectivity index (χ2v) is 6.06. The molecule has 0 aromatic heterocycles. The molecular weight excluding hydrogens is 304 g/mol. The van der Waals surface area contributed by atoms with Gasteiger partial charge in [0.25, 0.3) is 0 Å². The number of esters is 1. The van der Waals surface area contributed by atoms with Crippen molar-refractivity contribution in [2.24, 2.45) is 5.92 Å². The van der Waals surface area contributed by atoms with Crippen molar-refractivity contribution in [2.75, 3.05) is 11.9 Å². The fraction of sp³-hybridized carbons (Fsp3) is 0.562. The van der Waals surface area contributed by atoms with Crippen LogP contribution in [-0.2, 0) is 16.0 Å². The second-order valence-electron chi connectivity index (χ2n) is 5.27. The van der Waals surface area contributed by atoms with E-state index in [1.54, 1.807) is 0 Å². The van der Waals surface area contributed by atoms with Crippen molar-refractivity contribution in [3.63, 3.8) is 0 Å². The number of alkyl halides is 1. The molecule has 0 N–H and O–H groups in total. The van der Waals surface area contributed by atoms with Crippen LogP contribution in [0.15, 0.2) is 24.3 Å². The monoisotopic (exact) mass is 326 g/mol. The zero-order chi connectivity index (χ0) is 14.3. The topological polar surface area (TPSA) is 26.3 Å². The van der Waals surface area contributed by atoms with Crippen LogP contribution in [0.3, 0.4) is 0 Å². The highest BCUT2D eigenvalue weighted by Crippen LogP contribution is 2.19. The van der Waals surface area contributed by atoms with E-state index in [2.05, 4.69) is 41.9 Å². The number of halogens is 1. The lowest BCUT2D eigenvalue weighted by atomic mass is 9.97. The van der Waals surface area contributed by atoms with Gasteiger partial charge in [0.05, 0.1) is 12.5 Å². The molecule has 1 aromatic carbocycles. The van der Waals surface area contributed by atoms with Crippen molar-refractivity contribution in [3.05, 3.63) is 35.4 Å². The Kier molecular flexibility index (Phi) is 7.14. The zero-order valence-corrected chi connectivity index (χ0v) is 13.6. The number of benzene rings is 1. The van der Waals surface area contributed by atoms with Gasteiger partial charge in [-0.15, -0.1) is 0 Å². The fourth-order valence-electron chi connectivity index (χ4n) is 1.90. The lowest BCUT2D eigenvalue weighted by Gasteiger charge is -2.12. The number of hydrogen-bond donors (Lipinski definition) is 0. The summed E-state index contributed by atoms with van der Waals surface area (Å²) in [5.41, 5.74) is 2.34. The van der Waals surface area contributed by atoms with Crippen molar-refractivity contribution < 1.29 is 9.53 Å². The van der Waals surface area contributed by atoms with Crippen LogP contribution in [0.1, 0.15) is 44.2 Å². The van der Waals surface area contributed by atoms with E-state index in [9.17, 15) is 4.79 Å². The largest absolute Gasteiger partial charge is 0.465 e. The molecule has 0 unspecified atom stereocenters. The number of carbonyl (C=O) groups is 1. The Labute approximate surface area is 124 Å². The average Bonchev–Trinajstić information content (AvgIpc) is 2.38. The molecule has 1 rings (SSSR count). The molecule has 0 saturated carbocycles. The number of hydrogen-bond acceptors (Lipinski definition) is 2. The number of ether oxygens (including phenoxy) is 1. The van der Waals surface area contributed by atoms with E-state index in [4.69, 9.17) is 4.74 Å². The van der Waals surface area contributed by atoms with E-state index in [-0.39, 0.29) is 11.9 Å². The quantitative estimate of drug-likeness (QED) is 0.424. The van der Waals surface area contributed by atoms with Crippen LogP contribution in [0.5, 0.6) is 0 Å². The summed E-state index contributed by atoms with van der Waals surface area (Å²) >= 11 is 3.32. The molecule has 1 atom stereocenters. The molecule has 0 saturated heterocycles. The third kappa shape index (κ3) is 5.77. The van der Waals surface area contributed by atoms with Crippen LogP contribution in [0.4, 0.5) is 0 Å². The Morgan fingerprint density at radius 2 is 1.84 bits per heavy atom. The predicted molar refractivity (Wildman–Crippen MR) is 82.8 cm³/mol. The molecule has 0 aliphatic carbocycles. The van der Waals surface area contributed by atoms with E-state index in [1.807, 2.05) is 19.1 Å². The van der Waals surface area contributed by atoms with Crippen molar-refractivity contribution in [1.29, 1.82) is 0 Å². The highest BCUT2D eigenvalue weighted by molar-refractivity contribution is 9.09. The summed E-state index contributed by atoms with van der Waals surface area (Å²) in [6.45, 7) is 6.79. The molecule has 0 aliphatic heterocycles. The van der Waals surface area contributed by atoms with E-state index < -0.39 is 0 Å². The van der Waals surface area contributed by atoms with Crippen LogP contribution < -0.4 is 0 Å². The van der Waals surface area contributed by atoms with Crippen molar-refractivity contribution in [2.45, 2.75) is 39.5 Å². The average molecular weight is 327 g/mol. The van der Waals surface area contributed by atoms with E-state index >= 15 is 0 Å². The van der Waals surface area contributed by atoms with Gasteiger partial charge in [-0.05, 0) is 36.8 Å². The normalized spacial score (nSPS) is 12.5. The molecule has 0 fully saturated rings. The molecule has 106 valence electrons. The minimum Gasteiger partial charge on any atom is -0.465 e. The van der Waals surface area contributed by atoms with Crippen LogP contribution in [-0.4, -0.2) is 17.9 Å². The molecule has 0 amide bonds.